The van der Waals surface area contributed by atoms with Crippen LogP contribution in [0, 0.1) is 23.7 Å². The van der Waals surface area contributed by atoms with E-state index in [1.165, 1.54) is 0 Å². The molecule has 0 radical (unpaired) electrons. The summed E-state index contributed by atoms with van der Waals surface area (Å²) in [7, 11) is 0. The lowest BCUT2D eigenvalue weighted by molar-refractivity contribution is -0.137. The molecule has 2 fully saturated rings. The van der Waals surface area contributed by atoms with Crippen LogP contribution in [0.4, 0.5) is 24.5 Å². The van der Waals surface area contributed by atoms with Crippen LogP contribution in [-0.2, 0) is 11.0 Å². The first-order valence-corrected chi connectivity index (χ1v) is 14.2. The maximum Gasteiger partial charge on any atom is 0.418 e. The van der Waals surface area contributed by atoms with E-state index in [-0.39, 0.29) is 23.7 Å². The van der Waals surface area contributed by atoms with Crippen molar-refractivity contribution in [3.63, 3.8) is 0 Å². The smallest absolute Gasteiger partial charge is 0.418 e. The number of amides is 1. The summed E-state index contributed by atoms with van der Waals surface area (Å²) in [4.78, 5) is 30.4. The van der Waals surface area contributed by atoms with Crippen molar-refractivity contribution < 1.29 is 27.9 Å². The highest BCUT2D eigenvalue weighted by Crippen LogP contribution is 2.65. The van der Waals surface area contributed by atoms with Crippen molar-refractivity contribution in [2.45, 2.75) is 44.2 Å². The monoisotopic (exact) mass is 580 g/mol. The Morgan fingerprint density at radius 2 is 1.66 bits per heavy atom. The van der Waals surface area contributed by atoms with Crippen LogP contribution >= 0.6 is 11.6 Å². The second-order valence-corrected chi connectivity index (χ2v) is 11.6. The minimum atomic E-state index is -4.84. The van der Waals surface area contributed by atoms with E-state index < -0.39 is 40.8 Å². The van der Waals surface area contributed by atoms with Crippen molar-refractivity contribution >= 4 is 40.6 Å². The van der Waals surface area contributed by atoms with Gasteiger partial charge in [-0.2, -0.15) is 13.2 Å². The summed E-state index contributed by atoms with van der Waals surface area (Å²) in [5.41, 5.74) is 1.58. The third kappa shape index (κ3) is 5.25. The predicted molar refractivity (Wildman–Crippen MR) is 151 cm³/mol. The van der Waals surface area contributed by atoms with Gasteiger partial charge in [0.05, 0.1) is 28.2 Å². The molecule has 3 aromatic carbocycles. The standard InChI is InChI=1S/C32H28ClF3N2O3/c33-20-13-10-18(11-14-20)29-28-26(21-8-4-5-9-23(21)37-29)27(28)25(17-6-2-1-3-7-17)30(39)38-24-15-12-19(31(40)41)16-22(24)32(34,35)36/h4-5,8-17,25-28H,1-3,6-7H2,(H,38,39)(H,40,41)/t25-,26-,27+,28?/m1/s1. The molecule has 0 spiro atoms. The predicted octanol–water partition coefficient (Wildman–Crippen LogP) is 8.36. The number of fused-ring (bicyclic) bond motifs is 3. The minimum Gasteiger partial charge on any atom is -0.478 e. The van der Waals surface area contributed by atoms with Crippen molar-refractivity contribution in [3.8, 4) is 0 Å². The molecule has 1 aliphatic heterocycles. The van der Waals surface area contributed by atoms with Crippen LogP contribution in [0.2, 0.25) is 5.02 Å². The van der Waals surface area contributed by atoms with Crippen molar-refractivity contribution in [1.29, 1.82) is 0 Å². The molecule has 1 amide bonds. The Morgan fingerprint density at radius 3 is 2.34 bits per heavy atom. The van der Waals surface area contributed by atoms with E-state index in [1.807, 2.05) is 36.4 Å². The molecule has 2 saturated carbocycles. The van der Waals surface area contributed by atoms with E-state index in [9.17, 15) is 27.9 Å². The van der Waals surface area contributed by atoms with Gasteiger partial charge in [0.15, 0.2) is 0 Å². The number of nitrogens with zero attached hydrogens (tertiary/aromatic N) is 1. The fraction of sp³-hybridized carbons (Fsp3) is 0.344. The molecular weight excluding hydrogens is 553 g/mol. The minimum absolute atomic E-state index is 0.0172. The number of benzene rings is 3. The Bertz CT molecular complexity index is 1530. The number of aromatic carboxylic acids is 1. The number of carboxylic acid groups (broad SMARTS) is 1. The molecule has 2 N–H and O–H groups in total. The van der Waals surface area contributed by atoms with Gasteiger partial charge < -0.3 is 10.4 Å². The van der Waals surface area contributed by atoms with Gasteiger partial charge in [0.2, 0.25) is 5.91 Å². The van der Waals surface area contributed by atoms with E-state index in [0.717, 1.165) is 66.8 Å². The normalized spacial score (nSPS) is 22.6. The van der Waals surface area contributed by atoms with Gasteiger partial charge >= 0.3 is 12.1 Å². The molecule has 4 atom stereocenters. The van der Waals surface area contributed by atoms with Crippen LogP contribution in [0.25, 0.3) is 0 Å². The number of carbonyl (C=O) groups excluding carboxylic acids is 1. The number of carboxylic acids is 1. The zero-order valence-corrected chi connectivity index (χ0v) is 22.8. The number of hydrogen-bond donors (Lipinski definition) is 2. The van der Waals surface area contributed by atoms with Crippen LogP contribution in [0.15, 0.2) is 71.7 Å². The van der Waals surface area contributed by atoms with E-state index in [2.05, 4.69) is 5.32 Å². The Balaban J connectivity index is 1.39. The molecule has 0 saturated heterocycles. The second-order valence-electron chi connectivity index (χ2n) is 11.2. The van der Waals surface area contributed by atoms with E-state index in [4.69, 9.17) is 16.6 Å². The highest BCUT2D eigenvalue weighted by atomic mass is 35.5. The molecule has 9 heteroatoms. The number of aliphatic imine (C=N–C) groups is 1. The van der Waals surface area contributed by atoms with Crippen LogP contribution in [-0.4, -0.2) is 22.7 Å². The van der Waals surface area contributed by atoms with E-state index >= 15 is 0 Å². The summed E-state index contributed by atoms with van der Waals surface area (Å²) in [6.07, 6.45) is -0.189. The molecule has 212 valence electrons. The summed E-state index contributed by atoms with van der Waals surface area (Å²) in [5, 5.41) is 12.4. The number of rotatable bonds is 6. The summed E-state index contributed by atoms with van der Waals surface area (Å²) < 4.78 is 41.9. The molecular formula is C32H28ClF3N2O3. The third-order valence-electron chi connectivity index (χ3n) is 8.77. The van der Waals surface area contributed by atoms with Crippen molar-refractivity contribution in [2.24, 2.45) is 28.7 Å². The average molecular weight is 581 g/mol. The Kier molecular flexibility index (Phi) is 7.14. The Hall–Kier alpha value is -3.65. The van der Waals surface area contributed by atoms with Gasteiger partial charge in [-0.05, 0) is 78.1 Å². The van der Waals surface area contributed by atoms with Crippen molar-refractivity contribution in [2.75, 3.05) is 5.32 Å². The Labute approximate surface area is 240 Å². The quantitative estimate of drug-likeness (QED) is 0.307. The highest BCUT2D eigenvalue weighted by molar-refractivity contribution is 6.30. The van der Waals surface area contributed by atoms with Gasteiger partial charge in [-0.1, -0.05) is 61.2 Å². The molecule has 41 heavy (non-hydrogen) atoms. The molecule has 6 rings (SSSR count). The molecule has 3 aliphatic rings. The lowest BCUT2D eigenvalue weighted by Gasteiger charge is -2.30. The zero-order chi connectivity index (χ0) is 28.9. The summed E-state index contributed by atoms with van der Waals surface area (Å²) in [6.45, 7) is 0. The number of nitrogens with one attached hydrogen (secondary N) is 1. The lowest BCUT2D eigenvalue weighted by Crippen LogP contribution is -2.34. The van der Waals surface area contributed by atoms with Gasteiger partial charge in [-0.3, -0.25) is 9.79 Å². The SMILES string of the molecule is O=C(O)c1ccc(NC(=O)[C@H](C2CCCCC2)[C@@H]2C3C(c4ccc(Cl)cc4)=Nc4ccccc4[C@@H]32)c(C(F)(F)F)c1. The number of para-hydroxylation sites is 1. The largest absolute Gasteiger partial charge is 0.478 e. The van der Waals surface area contributed by atoms with Crippen LogP contribution < -0.4 is 5.32 Å². The summed E-state index contributed by atoms with van der Waals surface area (Å²) in [6, 6.07) is 18.0. The number of halogens is 4. The average Bonchev–Trinajstić information content (AvgIpc) is 3.68. The van der Waals surface area contributed by atoms with Gasteiger partial charge in [-0.15, -0.1) is 0 Å². The van der Waals surface area contributed by atoms with Crippen LogP contribution in [0.5, 0.6) is 0 Å². The number of carbonyl (C=O) groups is 2. The number of anilines is 1. The third-order valence-corrected chi connectivity index (χ3v) is 9.02. The molecule has 2 aliphatic carbocycles. The molecule has 3 aromatic rings. The summed E-state index contributed by atoms with van der Waals surface area (Å²) >= 11 is 6.14. The van der Waals surface area contributed by atoms with Crippen molar-refractivity contribution in [3.05, 3.63) is 94.0 Å². The van der Waals surface area contributed by atoms with Crippen LogP contribution in [0.3, 0.4) is 0 Å². The first kappa shape index (κ1) is 27.5. The number of alkyl halides is 3. The molecule has 0 aromatic heterocycles. The van der Waals surface area contributed by atoms with Gasteiger partial charge in [0.1, 0.15) is 0 Å². The summed E-state index contributed by atoms with van der Waals surface area (Å²) in [5.74, 6) is -2.62. The van der Waals surface area contributed by atoms with Crippen LogP contribution in [0.1, 0.15) is 65.1 Å². The highest BCUT2D eigenvalue weighted by Gasteiger charge is 2.62. The van der Waals surface area contributed by atoms with E-state index in [1.54, 1.807) is 12.1 Å². The zero-order valence-electron chi connectivity index (χ0n) is 22.0. The first-order valence-electron chi connectivity index (χ1n) is 13.8. The second kappa shape index (κ2) is 10.6. The fourth-order valence-corrected chi connectivity index (χ4v) is 7.05. The number of hydrogen-bond acceptors (Lipinski definition) is 3. The van der Waals surface area contributed by atoms with Gasteiger partial charge in [0, 0.05) is 16.9 Å². The first-order chi connectivity index (χ1) is 19.6. The molecule has 1 unspecified atom stereocenters. The maximum atomic E-state index is 14.1. The van der Waals surface area contributed by atoms with Crippen molar-refractivity contribution in [1.82, 2.24) is 0 Å². The molecule has 5 nitrogen and oxygen atoms in total. The Morgan fingerprint density at radius 1 is 0.951 bits per heavy atom. The topological polar surface area (TPSA) is 78.8 Å². The fourth-order valence-electron chi connectivity index (χ4n) is 6.92. The van der Waals surface area contributed by atoms with E-state index in [0.29, 0.717) is 11.1 Å². The van der Waals surface area contributed by atoms with Gasteiger partial charge in [0.25, 0.3) is 0 Å². The molecule has 1 heterocycles. The maximum absolute atomic E-state index is 14.1. The molecule has 0 bridgehead atoms. The lowest BCUT2D eigenvalue weighted by atomic mass is 9.76. The van der Waals surface area contributed by atoms with Gasteiger partial charge in [-0.25, -0.2) is 4.79 Å².